The van der Waals surface area contributed by atoms with Crippen molar-refractivity contribution in [1.29, 1.82) is 0 Å². The Kier molecular flexibility index (Phi) is 4.38. The van der Waals surface area contributed by atoms with Crippen LogP contribution in [0.5, 0.6) is 0 Å². The van der Waals surface area contributed by atoms with Gasteiger partial charge in [0.25, 0.3) is 0 Å². The molecule has 1 aromatic rings. The smallest absolute Gasteiger partial charge is 0.234 e. The quantitative estimate of drug-likeness (QED) is 0.822. The maximum Gasteiger partial charge on any atom is 0.234 e. The van der Waals surface area contributed by atoms with Crippen LogP contribution in [0.15, 0.2) is 22.8 Å². The molecule has 2 unspecified atom stereocenters. The predicted octanol–water partition coefficient (Wildman–Crippen LogP) is 0.578. The van der Waals surface area contributed by atoms with Crippen LogP contribution < -0.4 is 10.6 Å². The molecular formula is C13H21N3O2. The fourth-order valence-corrected chi connectivity index (χ4v) is 2.43. The van der Waals surface area contributed by atoms with Gasteiger partial charge in [0.1, 0.15) is 5.76 Å². The Labute approximate surface area is 108 Å². The fourth-order valence-electron chi connectivity index (χ4n) is 2.43. The number of carbonyl (C=O) groups is 1. The van der Waals surface area contributed by atoms with Crippen LogP contribution in [0.2, 0.25) is 0 Å². The Morgan fingerprint density at radius 1 is 1.50 bits per heavy atom. The number of piperazine rings is 1. The van der Waals surface area contributed by atoms with E-state index in [0.29, 0.717) is 25.2 Å². The van der Waals surface area contributed by atoms with Gasteiger partial charge in [0.05, 0.1) is 19.4 Å². The number of hydrogen-bond acceptors (Lipinski definition) is 4. The van der Waals surface area contributed by atoms with Crippen LogP contribution >= 0.6 is 0 Å². The summed E-state index contributed by atoms with van der Waals surface area (Å²) in [7, 11) is 0. The molecule has 0 aromatic carbocycles. The van der Waals surface area contributed by atoms with E-state index in [2.05, 4.69) is 29.4 Å². The van der Waals surface area contributed by atoms with Crippen LogP contribution in [-0.4, -0.2) is 42.5 Å². The summed E-state index contributed by atoms with van der Waals surface area (Å²) in [6, 6.07) is 4.55. The summed E-state index contributed by atoms with van der Waals surface area (Å²) in [4.78, 5) is 14.0. The second-order valence-corrected chi connectivity index (χ2v) is 5.02. The first kappa shape index (κ1) is 13.1. The summed E-state index contributed by atoms with van der Waals surface area (Å²) in [6.45, 7) is 7.03. The maximum absolute atomic E-state index is 11.8. The zero-order valence-electron chi connectivity index (χ0n) is 11.0. The molecule has 1 aliphatic rings. The molecule has 0 spiro atoms. The molecule has 2 N–H and O–H groups in total. The predicted molar refractivity (Wildman–Crippen MR) is 69.1 cm³/mol. The normalized spacial score (nSPS) is 25.0. The average molecular weight is 251 g/mol. The van der Waals surface area contributed by atoms with Gasteiger partial charge in [-0.3, -0.25) is 9.69 Å². The molecule has 2 heterocycles. The lowest BCUT2D eigenvalue weighted by Gasteiger charge is -2.35. The number of hydrogen-bond donors (Lipinski definition) is 2. The monoisotopic (exact) mass is 251 g/mol. The average Bonchev–Trinajstić information content (AvgIpc) is 2.77. The molecular weight excluding hydrogens is 230 g/mol. The molecule has 0 radical (unpaired) electrons. The van der Waals surface area contributed by atoms with E-state index in [9.17, 15) is 4.79 Å². The molecule has 5 nitrogen and oxygen atoms in total. The molecule has 1 aromatic heterocycles. The fraction of sp³-hybridized carbons (Fsp3) is 0.615. The molecule has 1 fully saturated rings. The lowest BCUT2D eigenvalue weighted by atomic mass is 10.1. The minimum absolute atomic E-state index is 0.0488. The van der Waals surface area contributed by atoms with E-state index in [-0.39, 0.29) is 5.91 Å². The van der Waals surface area contributed by atoms with Gasteiger partial charge in [-0.2, -0.15) is 0 Å². The number of furan rings is 1. The third-order valence-corrected chi connectivity index (χ3v) is 3.04. The molecule has 2 atom stereocenters. The van der Waals surface area contributed by atoms with Gasteiger partial charge in [-0.15, -0.1) is 0 Å². The molecule has 18 heavy (non-hydrogen) atoms. The standard InChI is InChI=1S/C13H21N3O2/c1-10-7-16(8-11(2)15-10)9-13(17)14-6-12-4-3-5-18-12/h3-5,10-11,15H,6-9H2,1-2H3,(H,14,17). The van der Waals surface area contributed by atoms with Gasteiger partial charge in [0.2, 0.25) is 5.91 Å². The van der Waals surface area contributed by atoms with E-state index in [1.54, 1.807) is 6.26 Å². The van der Waals surface area contributed by atoms with Crippen molar-refractivity contribution in [2.45, 2.75) is 32.5 Å². The summed E-state index contributed by atoms with van der Waals surface area (Å²) in [5.41, 5.74) is 0. The van der Waals surface area contributed by atoms with Crippen LogP contribution in [0.25, 0.3) is 0 Å². The molecule has 1 amide bonds. The van der Waals surface area contributed by atoms with Crippen LogP contribution in [-0.2, 0) is 11.3 Å². The molecule has 1 saturated heterocycles. The van der Waals surface area contributed by atoms with Crippen molar-refractivity contribution in [2.24, 2.45) is 0 Å². The molecule has 1 aliphatic heterocycles. The lowest BCUT2D eigenvalue weighted by Crippen LogP contribution is -2.55. The van der Waals surface area contributed by atoms with Gasteiger partial charge in [-0.25, -0.2) is 0 Å². The highest BCUT2D eigenvalue weighted by molar-refractivity contribution is 5.77. The molecule has 2 rings (SSSR count). The largest absolute Gasteiger partial charge is 0.467 e. The van der Waals surface area contributed by atoms with Crippen molar-refractivity contribution in [2.75, 3.05) is 19.6 Å². The zero-order chi connectivity index (χ0) is 13.0. The van der Waals surface area contributed by atoms with Gasteiger partial charge < -0.3 is 15.1 Å². The number of nitrogens with zero attached hydrogens (tertiary/aromatic N) is 1. The van der Waals surface area contributed by atoms with E-state index in [1.807, 2.05) is 12.1 Å². The second-order valence-electron chi connectivity index (χ2n) is 5.02. The van der Waals surface area contributed by atoms with E-state index < -0.39 is 0 Å². The summed E-state index contributed by atoms with van der Waals surface area (Å²) in [6.07, 6.45) is 1.61. The van der Waals surface area contributed by atoms with Crippen LogP contribution in [0.4, 0.5) is 0 Å². The Morgan fingerprint density at radius 2 is 2.22 bits per heavy atom. The summed E-state index contributed by atoms with van der Waals surface area (Å²) < 4.78 is 5.17. The number of carbonyl (C=O) groups excluding carboxylic acids is 1. The van der Waals surface area contributed by atoms with Gasteiger partial charge in [0, 0.05) is 25.2 Å². The highest BCUT2D eigenvalue weighted by Gasteiger charge is 2.22. The number of amides is 1. The van der Waals surface area contributed by atoms with E-state index in [0.717, 1.165) is 18.8 Å². The number of rotatable bonds is 4. The highest BCUT2D eigenvalue weighted by atomic mass is 16.3. The van der Waals surface area contributed by atoms with Crippen LogP contribution in [0.1, 0.15) is 19.6 Å². The Bertz CT molecular complexity index is 368. The summed E-state index contributed by atoms with van der Waals surface area (Å²) in [5, 5.41) is 6.32. The van der Waals surface area contributed by atoms with Crippen LogP contribution in [0, 0.1) is 0 Å². The zero-order valence-corrected chi connectivity index (χ0v) is 11.0. The van der Waals surface area contributed by atoms with Gasteiger partial charge in [-0.05, 0) is 26.0 Å². The van der Waals surface area contributed by atoms with Gasteiger partial charge in [0.15, 0.2) is 0 Å². The summed E-state index contributed by atoms with van der Waals surface area (Å²) >= 11 is 0. The third-order valence-electron chi connectivity index (χ3n) is 3.04. The lowest BCUT2D eigenvalue weighted by molar-refractivity contribution is -0.122. The first-order valence-electron chi connectivity index (χ1n) is 6.41. The van der Waals surface area contributed by atoms with Crippen molar-refractivity contribution >= 4 is 5.91 Å². The van der Waals surface area contributed by atoms with Crippen molar-refractivity contribution in [3.63, 3.8) is 0 Å². The third kappa shape index (κ3) is 3.85. The molecule has 5 heteroatoms. The molecule has 0 bridgehead atoms. The minimum atomic E-state index is 0.0488. The summed E-state index contributed by atoms with van der Waals surface area (Å²) in [5.74, 6) is 0.832. The highest BCUT2D eigenvalue weighted by Crippen LogP contribution is 2.03. The minimum Gasteiger partial charge on any atom is -0.467 e. The molecule has 0 saturated carbocycles. The second kappa shape index (κ2) is 6.02. The van der Waals surface area contributed by atoms with E-state index in [1.165, 1.54) is 0 Å². The van der Waals surface area contributed by atoms with Crippen molar-refractivity contribution in [3.8, 4) is 0 Å². The first-order chi connectivity index (χ1) is 8.63. The van der Waals surface area contributed by atoms with E-state index >= 15 is 0 Å². The van der Waals surface area contributed by atoms with Crippen molar-refractivity contribution < 1.29 is 9.21 Å². The van der Waals surface area contributed by atoms with E-state index in [4.69, 9.17) is 4.42 Å². The Hall–Kier alpha value is -1.33. The Balaban J connectivity index is 1.73. The van der Waals surface area contributed by atoms with Crippen molar-refractivity contribution in [1.82, 2.24) is 15.5 Å². The topological polar surface area (TPSA) is 57.5 Å². The van der Waals surface area contributed by atoms with Gasteiger partial charge >= 0.3 is 0 Å². The Morgan fingerprint density at radius 3 is 2.83 bits per heavy atom. The first-order valence-corrected chi connectivity index (χ1v) is 6.41. The molecule has 100 valence electrons. The van der Waals surface area contributed by atoms with Crippen LogP contribution in [0.3, 0.4) is 0 Å². The van der Waals surface area contributed by atoms with Gasteiger partial charge in [-0.1, -0.05) is 0 Å². The number of nitrogens with one attached hydrogen (secondary N) is 2. The maximum atomic E-state index is 11.8. The molecule has 0 aliphatic carbocycles. The SMILES string of the molecule is CC1CN(CC(=O)NCc2ccco2)CC(C)N1. The van der Waals surface area contributed by atoms with Crippen molar-refractivity contribution in [3.05, 3.63) is 24.2 Å².